The Morgan fingerprint density at radius 3 is 2.48 bits per heavy atom. The highest BCUT2D eigenvalue weighted by Gasteiger charge is 2.28. The van der Waals surface area contributed by atoms with Crippen LogP contribution in [0.25, 0.3) is 0 Å². The van der Waals surface area contributed by atoms with Gasteiger partial charge in [-0.1, -0.05) is 0 Å². The normalized spacial score (nSPS) is 17.4. The van der Waals surface area contributed by atoms with E-state index < -0.39 is 0 Å². The quantitative estimate of drug-likeness (QED) is 0.767. The van der Waals surface area contributed by atoms with Gasteiger partial charge in [-0.05, 0) is 61.7 Å². The lowest BCUT2D eigenvalue weighted by Crippen LogP contribution is -2.33. The highest BCUT2D eigenvalue weighted by molar-refractivity contribution is 7.71. The zero-order valence-corrected chi connectivity index (χ0v) is 15.8. The van der Waals surface area contributed by atoms with Gasteiger partial charge in [-0.2, -0.15) is 5.10 Å². The third-order valence-corrected chi connectivity index (χ3v) is 5.49. The van der Waals surface area contributed by atoms with Gasteiger partial charge < -0.3 is 14.0 Å². The van der Waals surface area contributed by atoms with E-state index in [9.17, 15) is 0 Å². The molecule has 0 radical (unpaired) electrons. The first-order valence-electron chi connectivity index (χ1n) is 8.72. The standard InChI is InChI=1S/C18H24N4O2S/c1-12-19-21(18(25)22(12)15-4-5-15)11-20-7-6-13-8-16(23-2)17(24-3)9-14(13)10-20/h8-9,15H,4-7,10-11H2,1-3H3. The molecule has 1 saturated carbocycles. The third-order valence-electron chi connectivity index (χ3n) is 5.08. The van der Waals surface area contributed by atoms with E-state index in [-0.39, 0.29) is 0 Å². The van der Waals surface area contributed by atoms with Crippen LogP contribution in [0.15, 0.2) is 12.1 Å². The minimum Gasteiger partial charge on any atom is -0.493 e. The molecule has 2 aliphatic rings. The molecular weight excluding hydrogens is 336 g/mol. The fourth-order valence-corrected chi connectivity index (χ4v) is 4.01. The second-order valence-electron chi connectivity index (χ2n) is 6.85. The molecule has 4 rings (SSSR count). The Labute approximate surface area is 153 Å². The number of aryl methyl sites for hydroxylation is 1. The summed E-state index contributed by atoms with van der Waals surface area (Å²) >= 11 is 5.65. The summed E-state index contributed by atoms with van der Waals surface area (Å²) < 4.78 is 15.9. The maximum atomic E-state index is 5.65. The summed E-state index contributed by atoms with van der Waals surface area (Å²) in [6, 6.07) is 4.76. The van der Waals surface area contributed by atoms with Crippen molar-refractivity contribution in [3.63, 3.8) is 0 Å². The summed E-state index contributed by atoms with van der Waals surface area (Å²) in [5, 5.41) is 4.67. The van der Waals surface area contributed by atoms with Crippen molar-refractivity contribution >= 4 is 12.2 Å². The average Bonchev–Trinajstić information content (AvgIpc) is 3.40. The van der Waals surface area contributed by atoms with Crippen molar-refractivity contribution < 1.29 is 9.47 Å². The topological polar surface area (TPSA) is 44.5 Å². The van der Waals surface area contributed by atoms with Crippen LogP contribution in [-0.2, 0) is 19.6 Å². The zero-order valence-electron chi connectivity index (χ0n) is 15.0. The third kappa shape index (κ3) is 3.06. The highest BCUT2D eigenvalue weighted by Crippen LogP contribution is 2.36. The maximum Gasteiger partial charge on any atom is 0.199 e. The number of hydrogen-bond acceptors (Lipinski definition) is 5. The number of hydrogen-bond donors (Lipinski definition) is 0. The van der Waals surface area contributed by atoms with Crippen molar-refractivity contribution in [2.75, 3.05) is 20.8 Å². The molecule has 1 fully saturated rings. The molecule has 1 aromatic carbocycles. The van der Waals surface area contributed by atoms with E-state index in [2.05, 4.69) is 26.7 Å². The molecule has 0 bridgehead atoms. The van der Waals surface area contributed by atoms with Gasteiger partial charge in [0.15, 0.2) is 16.3 Å². The Kier molecular flexibility index (Phi) is 4.29. The molecule has 25 heavy (non-hydrogen) atoms. The lowest BCUT2D eigenvalue weighted by molar-refractivity contribution is 0.187. The zero-order chi connectivity index (χ0) is 17.6. The number of methoxy groups -OCH3 is 2. The maximum absolute atomic E-state index is 5.65. The van der Waals surface area contributed by atoms with Gasteiger partial charge in [0.25, 0.3) is 0 Å². The van der Waals surface area contributed by atoms with Gasteiger partial charge in [0.2, 0.25) is 0 Å². The van der Waals surface area contributed by atoms with Crippen molar-refractivity contribution in [3.8, 4) is 11.5 Å². The van der Waals surface area contributed by atoms with Crippen LogP contribution < -0.4 is 9.47 Å². The predicted octanol–water partition coefficient (Wildman–Crippen LogP) is 3.09. The average molecular weight is 360 g/mol. The van der Waals surface area contributed by atoms with Gasteiger partial charge in [-0.25, -0.2) is 4.68 Å². The Bertz CT molecular complexity index is 853. The number of rotatable bonds is 5. The molecule has 0 amide bonds. The van der Waals surface area contributed by atoms with Crippen LogP contribution in [0.2, 0.25) is 0 Å². The first-order valence-corrected chi connectivity index (χ1v) is 9.13. The largest absolute Gasteiger partial charge is 0.493 e. The summed E-state index contributed by atoms with van der Waals surface area (Å²) in [6.45, 7) is 4.63. The van der Waals surface area contributed by atoms with Crippen LogP contribution in [0.4, 0.5) is 0 Å². The molecule has 0 atom stereocenters. The van der Waals surface area contributed by atoms with Crippen LogP contribution in [0.3, 0.4) is 0 Å². The number of ether oxygens (including phenoxy) is 2. The van der Waals surface area contributed by atoms with Gasteiger partial charge in [0.05, 0.1) is 20.9 Å². The van der Waals surface area contributed by atoms with Crippen molar-refractivity contribution in [1.29, 1.82) is 0 Å². The number of benzene rings is 1. The molecule has 2 heterocycles. The van der Waals surface area contributed by atoms with Gasteiger partial charge in [-0.15, -0.1) is 0 Å². The predicted molar refractivity (Wildman–Crippen MR) is 97.7 cm³/mol. The molecule has 134 valence electrons. The summed E-state index contributed by atoms with van der Waals surface area (Å²) in [5.41, 5.74) is 2.62. The Hall–Kier alpha value is -1.86. The van der Waals surface area contributed by atoms with E-state index in [0.29, 0.717) is 6.04 Å². The molecule has 0 unspecified atom stereocenters. The van der Waals surface area contributed by atoms with Crippen molar-refractivity contribution in [2.45, 2.75) is 45.4 Å². The van der Waals surface area contributed by atoms with E-state index in [0.717, 1.165) is 48.3 Å². The lowest BCUT2D eigenvalue weighted by atomic mass is 9.99. The Morgan fingerprint density at radius 1 is 1.16 bits per heavy atom. The van der Waals surface area contributed by atoms with Crippen LogP contribution in [0, 0.1) is 11.7 Å². The van der Waals surface area contributed by atoms with E-state index in [1.165, 1.54) is 24.0 Å². The van der Waals surface area contributed by atoms with E-state index >= 15 is 0 Å². The SMILES string of the molecule is COc1cc2c(cc1OC)CN(Cn1nc(C)n(C3CC3)c1=S)CC2. The van der Waals surface area contributed by atoms with Crippen LogP contribution in [0.5, 0.6) is 11.5 Å². The summed E-state index contributed by atoms with van der Waals surface area (Å²) in [6.07, 6.45) is 3.43. The van der Waals surface area contributed by atoms with Crippen molar-refractivity contribution in [3.05, 3.63) is 33.9 Å². The van der Waals surface area contributed by atoms with E-state index in [1.54, 1.807) is 14.2 Å². The van der Waals surface area contributed by atoms with Gasteiger partial charge in [0, 0.05) is 19.1 Å². The number of fused-ring (bicyclic) bond motifs is 1. The van der Waals surface area contributed by atoms with E-state index in [1.807, 2.05) is 11.6 Å². The van der Waals surface area contributed by atoms with Gasteiger partial charge in [0.1, 0.15) is 5.82 Å². The molecular formula is C18H24N4O2S. The Balaban J connectivity index is 1.55. The first kappa shape index (κ1) is 16.6. The smallest absolute Gasteiger partial charge is 0.199 e. The minimum absolute atomic E-state index is 0.569. The van der Waals surface area contributed by atoms with Crippen molar-refractivity contribution in [2.24, 2.45) is 0 Å². The summed E-state index contributed by atoms with van der Waals surface area (Å²) in [5.74, 6) is 2.61. The molecule has 0 spiro atoms. The lowest BCUT2D eigenvalue weighted by Gasteiger charge is -2.29. The molecule has 6 nitrogen and oxygen atoms in total. The summed E-state index contributed by atoms with van der Waals surface area (Å²) in [7, 11) is 3.36. The molecule has 1 aliphatic heterocycles. The van der Waals surface area contributed by atoms with Crippen LogP contribution in [0.1, 0.15) is 35.8 Å². The molecule has 0 N–H and O–H groups in total. The molecule has 7 heteroatoms. The highest BCUT2D eigenvalue weighted by atomic mass is 32.1. The van der Waals surface area contributed by atoms with Gasteiger partial charge >= 0.3 is 0 Å². The molecule has 1 aromatic heterocycles. The molecule has 1 aliphatic carbocycles. The Morgan fingerprint density at radius 2 is 1.84 bits per heavy atom. The van der Waals surface area contributed by atoms with Crippen LogP contribution >= 0.6 is 12.2 Å². The summed E-state index contributed by atoms with van der Waals surface area (Å²) in [4.78, 5) is 2.38. The number of aromatic nitrogens is 3. The van der Waals surface area contributed by atoms with Crippen LogP contribution in [-0.4, -0.2) is 40.0 Å². The number of nitrogens with zero attached hydrogens (tertiary/aromatic N) is 4. The first-order chi connectivity index (χ1) is 12.1. The molecule has 0 saturated heterocycles. The monoisotopic (exact) mass is 360 g/mol. The van der Waals surface area contributed by atoms with Gasteiger partial charge in [-0.3, -0.25) is 4.90 Å². The minimum atomic E-state index is 0.569. The second kappa shape index (κ2) is 6.46. The molecule has 2 aromatic rings. The second-order valence-corrected chi connectivity index (χ2v) is 7.22. The van der Waals surface area contributed by atoms with Crippen molar-refractivity contribution in [1.82, 2.24) is 19.2 Å². The van der Waals surface area contributed by atoms with E-state index in [4.69, 9.17) is 21.7 Å². The fraction of sp³-hybridized carbons (Fsp3) is 0.556. The fourth-order valence-electron chi connectivity index (χ4n) is 3.63.